The van der Waals surface area contributed by atoms with Gasteiger partial charge in [-0.2, -0.15) is 0 Å². The van der Waals surface area contributed by atoms with Crippen LogP contribution in [0.4, 0.5) is 10.7 Å². The van der Waals surface area contributed by atoms with E-state index in [4.69, 9.17) is 15.5 Å². The van der Waals surface area contributed by atoms with Gasteiger partial charge in [0.15, 0.2) is 0 Å². The number of nitrogens with one attached hydrogen (secondary N) is 1. The maximum Gasteiger partial charge on any atom is 0.341 e. The van der Waals surface area contributed by atoms with Crippen molar-refractivity contribution in [1.29, 1.82) is 0 Å². The van der Waals surface area contributed by atoms with Crippen molar-refractivity contribution >= 4 is 55.5 Å². The van der Waals surface area contributed by atoms with Gasteiger partial charge < -0.3 is 15.8 Å². The van der Waals surface area contributed by atoms with Gasteiger partial charge in [0, 0.05) is 16.0 Å². The molecule has 0 spiro atoms. The van der Waals surface area contributed by atoms with Gasteiger partial charge in [-0.25, -0.2) is 9.78 Å². The summed E-state index contributed by atoms with van der Waals surface area (Å²) < 4.78 is 5.35. The van der Waals surface area contributed by atoms with Crippen molar-refractivity contribution in [3.8, 4) is 0 Å². The predicted octanol–water partition coefficient (Wildman–Crippen LogP) is 6.23. The lowest BCUT2D eigenvalue weighted by atomic mass is 9.96. The Kier molecular flexibility index (Phi) is 7.34. The number of nitrogens with zero attached hydrogens (tertiary/aromatic N) is 1. The molecular weight excluding hydrogens is 454 g/mol. The van der Waals surface area contributed by atoms with Crippen molar-refractivity contribution < 1.29 is 14.3 Å². The number of anilines is 2. The third kappa shape index (κ3) is 5.06. The third-order valence-corrected chi connectivity index (χ3v) is 8.17. The van der Waals surface area contributed by atoms with E-state index in [2.05, 4.69) is 19.2 Å². The maximum atomic E-state index is 13.3. The fourth-order valence-corrected chi connectivity index (χ4v) is 6.60. The Morgan fingerprint density at radius 1 is 1.15 bits per heavy atom. The second kappa shape index (κ2) is 10.2. The highest BCUT2D eigenvalue weighted by atomic mass is 32.1. The number of ether oxygens (including phenoxy) is 1. The second-order valence-electron chi connectivity index (χ2n) is 8.89. The van der Waals surface area contributed by atoms with Crippen molar-refractivity contribution in [3.63, 3.8) is 0 Å². The molecule has 1 aliphatic rings. The Balaban J connectivity index is 1.67. The van der Waals surface area contributed by atoms with Crippen LogP contribution in [0.25, 0.3) is 10.2 Å². The molecule has 0 radical (unpaired) electrons. The molecule has 0 unspecified atom stereocenters. The predicted molar refractivity (Wildman–Crippen MR) is 137 cm³/mol. The molecule has 1 aliphatic carbocycles. The fourth-order valence-electron chi connectivity index (χ4n) is 4.32. The van der Waals surface area contributed by atoms with E-state index in [0.29, 0.717) is 33.7 Å². The normalized spacial score (nSPS) is 14.1. The minimum absolute atomic E-state index is 0.296. The molecule has 3 aromatic rings. The van der Waals surface area contributed by atoms with Crippen molar-refractivity contribution in [1.82, 2.24) is 4.98 Å². The average Bonchev–Trinajstić information content (AvgIpc) is 3.24. The molecule has 0 saturated carbocycles. The molecule has 4 rings (SSSR count). The van der Waals surface area contributed by atoms with Crippen LogP contribution in [0.15, 0.2) is 12.1 Å². The van der Waals surface area contributed by atoms with Gasteiger partial charge in [-0.05, 0) is 62.6 Å². The molecule has 0 aromatic carbocycles. The molecule has 176 valence electrons. The van der Waals surface area contributed by atoms with Gasteiger partial charge in [-0.15, -0.1) is 22.7 Å². The van der Waals surface area contributed by atoms with Crippen LogP contribution in [-0.2, 0) is 24.0 Å². The molecule has 3 N–H and O–H groups in total. The lowest BCUT2D eigenvalue weighted by Gasteiger charge is -2.11. The van der Waals surface area contributed by atoms with E-state index in [1.54, 1.807) is 6.92 Å². The minimum atomic E-state index is -0.366. The number of hydrogen-bond donors (Lipinski definition) is 2. The van der Waals surface area contributed by atoms with Crippen LogP contribution in [0.5, 0.6) is 0 Å². The number of nitrogen functional groups attached to an aromatic ring is 1. The maximum absolute atomic E-state index is 13.3. The van der Waals surface area contributed by atoms with Gasteiger partial charge in [0.05, 0.1) is 17.9 Å². The first kappa shape index (κ1) is 23.7. The average molecular weight is 486 g/mol. The molecular formula is C25H31N3O3S2. The van der Waals surface area contributed by atoms with Gasteiger partial charge in [0.1, 0.15) is 14.7 Å². The second-order valence-corrected chi connectivity index (χ2v) is 11.0. The van der Waals surface area contributed by atoms with E-state index in [1.165, 1.54) is 34.0 Å². The van der Waals surface area contributed by atoms with Gasteiger partial charge in [-0.3, -0.25) is 4.79 Å². The van der Waals surface area contributed by atoms with Gasteiger partial charge in [0.25, 0.3) is 5.91 Å². The molecule has 0 bridgehead atoms. The van der Waals surface area contributed by atoms with E-state index >= 15 is 0 Å². The van der Waals surface area contributed by atoms with Crippen LogP contribution in [0.3, 0.4) is 0 Å². The van der Waals surface area contributed by atoms with Crippen molar-refractivity contribution in [3.05, 3.63) is 38.7 Å². The number of aromatic nitrogens is 1. The zero-order valence-corrected chi connectivity index (χ0v) is 21.1. The summed E-state index contributed by atoms with van der Waals surface area (Å²) in [4.78, 5) is 33.2. The number of aryl methyl sites for hydroxylation is 1. The molecule has 0 saturated heterocycles. The van der Waals surface area contributed by atoms with E-state index in [1.807, 2.05) is 12.1 Å². The van der Waals surface area contributed by atoms with Crippen LogP contribution in [0, 0.1) is 5.92 Å². The molecule has 8 heteroatoms. The number of carbonyl (C=O) groups is 2. The van der Waals surface area contributed by atoms with Crippen LogP contribution in [0.2, 0.25) is 0 Å². The Morgan fingerprint density at radius 2 is 1.91 bits per heavy atom. The monoisotopic (exact) mass is 485 g/mol. The number of nitrogens with two attached hydrogens (primary N) is 1. The third-order valence-electron chi connectivity index (χ3n) is 5.85. The lowest BCUT2D eigenvalue weighted by Crippen LogP contribution is -2.15. The summed E-state index contributed by atoms with van der Waals surface area (Å²) in [6.07, 6.45) is 7.12. The summed E-state index contributed by atoms with van der Waals surface area (Å²) in [5, 5.41) is 4.35. The first-order chi connectivity index (χ1) is 15.9. The zero-order chi connectivity index (χ0) is 23.5. The number of hydrogen-bond acceptors (Lipinski definition) is 7. The largest absolute Gasteiger partial charge is 0.462 e. The SMILES string of the molecule is CCOC(=O)c1c(NC(=O)c2sc3nc(CC(C)C)ccc3c2N)sc2c1CCCCCC2. The highest BCUT2D eigenvalue weighted by Crippen LogP contribution is 2.39. The molecule has 3 heterocycles. The highest BCUT2D eigenvalue weighted by Gasteiger charge is 2.27. The first-order valence-corrected chi connectivity index (χ1v) is 13.3. The molecule has 1 amide bonds. The smallest absolute Gasteiger partial charge is 0.341 e. The van der Waals surface area contributed by atoms with Crippen LogP contribution < -0.4 is 11.1 Å². The minimum Gasteiger partial charge on any atom is -0.462 e. The Bertz CT molecular complexity index is 1180. The molecule has 0 aliphatic heterocycles. The lowest BCUT2D eigenvalue weighted by molar-refractivity contribution is 0.0526. The summed E-state index contributed by atoms with van der Waals surface area (Å²) in [6, 6.07) is 3.93. The van der Waals surface area contributed by atoms with Crippen LogP contribution in [0.1, 0.15) is 82.6 Å². The van der Waals surface area contributed by atoms with E-state index in [9.17, 15) is 9.59 Å². The van der Waals surface area contributed by atoms with Gasteiger partial charge in [-0.1, -0.05) is 26.7 Å². The Labute approximate surface area is 202 Å². The molecule has 33 heavy (non-hydrogen) atoms. The summed E-state index contributed by atoms with van der Waals surface area (Å²) >= 11 is 2.80. The fraction of sp³-hybridized carbons (Fsp3) is 0.480. The van der Waals surface area contributed by atoms with Crippen LogP contribution in [-0.4, -0.2) is 23.5 Å². The quantitative estimate of drug-likeness (QED) is 0.404. The Hall–Kier alpha value is -2.45. The number of amides is 1. The number of thiophene rings is 2. The van der Waals surface area contributed by atoms with Gasteiger partial charge in [0.2, 0.25) is 0 Å². The standard InChI is InChI=1S/C25H31N3O3S2/c1-4-31-25(30)19-16-9-7-5-6-8-10-18(16)32-24(19)28-22(29)21-20(26)17-12-11-15(13-14(2)3)27-23(17)33-21/h11-12,14H,4-10,13,26H2,1-3H3,(H,28,29). The number of rotatable bonds is 6. The molecule has 0 fully saturated rings. The Morgan fingerprint density at radius 3 is 2.64 bits per heavy atom. The summed E-state index contributed by atoms with van der Waals surface area (Å²) in [6.45, 7) is 6.40. The zero-order valence-electron chi connectivity index (χ0n) is 19.5. The van der Waals surface area contributed by atoms with Gasteiger partial charge >= 0.3 is 5.97 Å². The van der Waals surface area contributed by atoms with Crippen molar-refractivity contribution in [2.24, 2.45) is 5.92 Å². The number of fused-ring (bicyclic) bond motifs is 2. The summed E-state index contributed by atoms with van der Waals surface area (Å²) in [7, 11) is 0. The van der Waals surface area contributed by atoms with Crippen molar-refractivity contribution in [2.45, 2.75) is 65.7 Å². The molecule has 0 atom stereocenters. The summed E-state index contributed by atoms with van der Waals surface area (Å²) in [5.74, 6) is -0.176. The first-order valence-electron chi connectivity index (χ1n) is 11.7. The number of carbonyl (C=O) groups excluding carboxylic acids is 2. The van der Waals surface area contributed by atoms with Crippen LogP contribution >= 0.6 is 22.7 Å². The van der Waals surface area contributed by atoms with E-state index in [-0.39, 0.29) is 11.9 Å². The molecule has 6 nitrogen and oxygen atoms in total. The number of pyridine rings is 1. The van der Waals surface area contributed by atoms with E-state index < -0.39 is 0 Å². The molecule has 3 aromatic heterocycles. The summed E-state index contributed by atoms with van der Waals surface area (Å²) in [5.41, 5.74) is 9.34. The number of esters is 1. The van der Waals surface area contributed by atoms with E-state index in [0.717, 1.165) is 60.0 Å². The van der Waals surface area contributed by atoms with Crippen molar-refractivity contribution in [2.75, 3.05) is 17.7 Å². The highest BCUT2D eigenvalue weighted by molar-refractivity contribution is 7.21. The topological polar surface area (TPSA) is 94.3 Å².